The molecule has 4 aliphatic rings. The van der Waals surface area contributed by atoms with Gasteiger partial charge in [0.2, 0.25) is 5.95 Å². The quantitative estimate of drug-likeness (QED) is 0.173. The van der Waals surface area contributed by atoms with Crippen molar-refractivity contribution >= 4 is 17.3 Å². The molecule has 0 saturated carbocycles. The van der Waals surface area contributed by atoms with E-state index in [0.717, 1.165) is 22.5 Å². The Bertz CT molecular complexity index is 3610. The Morgan fingerprint density at radius 1 is 0.313 bits per heavy atom. The minimum absolute atomic E-state index is 0.127. The van der Waals surface area contributed by atoms with Crippen molar-refractivity contribution in [2.75, 3.05) is 4.90 Å². The van der Waals surface area contributed by atoms with Crippen LogP contribution in [-0.4, -0.2) is 15.0 Å². The highest BCUT2D eigenvalue weighted by molar-refractivity contribution is 5.98. The highest BCUT2D eigenvalue weighted by Gasteiger charge is 2.43. The summed E-state index contributed by atoms with van der Waals surface area (Å²) in [5, 5.41) is 0. The highest BCUT2D eigenvalue weighted by atomic mass is 15.3. The third-order valence-electron chi connectivity index (χ3n) is 16.1. The van der Waals surface area contributed by atoms with E-state index in [4.69, 9.17) is 15.0 Å². The molecule has 0 bridgehead atoms. The fourth-order valence-corrected chi connectivity index (χ4v) is 12.9. The average molecular weight is 865 g/mol. The van der Waals surface area contributed by atoms with E-state index >= 15 is 0 Å². The molecule has 1 heterocycles. The lowest BCUT2D eigenvalue weighted by Gasteiger charge is -2.32. The molecule has 4 aliphatic carbocycles. The van der Waals surface area contributed by atoms with Crippen molar-refractivity contribution in [2.24, 2.45) is 0 Å². The van der Waals surface area contributed by atoms with Gasteiger partial charge in [0, 0.05) is 38.4 Å². The third kappa shape index (κ3) is 5.33. The van der Waals surface area contributed by atoms with Gasteiger partial charge in [0.1, 0.15) is 0 Å². The van der Waals surface area contributed by atoms with E-state index < -0.39 is 0 Å². The molecule has 67 heavy (non-hydrogen) atoms. The van der Waals surface area contributed by atoms with Crippen molar-refractivity contribution < 1.29 is 0 Å². The van der Waals surface area contributed by atoms with Crippen LogP contribution >= 0.6 is 0 Å². The van der Waals surface area contributed by atoms with Gasteiger partial charge in [-0.25, -0.2) is 4.98 Å². The molecule has 0 amide bonds. The number of hydrogen-bond donors (Lipinski definition) is 0. The van der Waals surface area contributed by atoms with Crippen molar-refractivity contribution in [2.45, 2.75) is 77.0 Å². The summed E-state index contributed by atoms with van der Waals surface area (Å²) in [6.45, 7) is 18.8. The normalized spacial score (nSPS) is 16.2. The van der Waals surface area contributed by atoms with Crippen LogP contribution in [0.15, 0.2) is 170 Å². The predicted molar refractivity (Wildman–Crippen MR) is 276 cm³/mol. The lowest BCUT2D eigenvalue weighted by molar-refractivity contribution is 0.659. The first kappa shape index (κ1) is 39.9. The summed E-state index contributed by atoms with van der Waals surface area (Å²) in [4.78, 5) is 19.4. The Morgan fingerprint density at radius 3 is 1.42 bits per heavy atom. The van der Waals surface area contributed by atoms with Crippen LogP contribution < -0.4 is 4.90 Å². The van der Waals surface area contributed by atoms with E-state index in [1.54, 1.807) is 0 Å². The number of rotatable bonds is 5. The second-order valence-electron chi connectivity index (χ2n) is 21.2. The summed E-state index contributed by atoms with van der Waals surface area (Å²) in [5.74, 6) is 1.89. The molecule has 0 spiro atoms. The average Bonchev–Trinajstić information content (AvgIpc) is 3.92. The number of anilines is 3. The van der Waals surface area contributed by atoms with Crippen molar-refractivity contribution in [3.8, 4) is 67.3 Å². The van der Waals surface area contributed by atoms with Gasteiger partial charge in [0.05, 0.1) is 11.4 Å². The number of aromatic nitrogens is 3. The van der Waals surface area contributed by atoms with Crippen molar-refractivity contribution in [3.05, 3.63) is 214 Å². The SMILES string of the molecule is CC1(C)c2ccccc2-c2cc(-c3nc(-c4cccc5c4C(C)(C)c4ccccc4-5)nc(N(c4cccc5c4-c4ccccc4C5(C)C)c4cccc5c4C(C)(C)c4ccccc4-5)n3)ccc21. The molecular formula is C63H52N4. The van der Waals surface area contributed by atoms with Crippen LogP contribution in [-0.2, 0) is 21.7 Å². The third-order valence-corrected chi connectivity index (χ3v) is 16.1. The second kappa shape index (κ2) is 13.6. The fraction of sp³-hybridized carbons (Fsp3) is 0.190. The lowest BCUT2D eigenvalue weighted by atomic mass is 9.80. The number of nitrogens with zero attached hydrogens (tertiary/aromatic N) is 4. The molecule has 9 aromatic rings. The van der Waals surface area contributed by atoms with Crippen molar-refractivity contribution in [1.82, 2.24) is 15.0 Å². The van der Waals surface area contributed by atoms with E-state index in [-0.39, 0.29) is 21.7 Å². The molecule has 0 fully saturated rings. The highest BCUT2D eigenvalue weighted by Crippen LogP contribution is 2.59. The molecule has 0 radical (unpaired) electrons. The van der Waals surface area contributed by atoms with Crippen LogP contribution in [0.5, 0.6) is 0 Å². The summed E-state index contributed by atoms with van der Waals surface area (Å²) in [6, 6.07) is 62.7. The maximum Gasteiger partial charge on any atom is 0.238 e. The maximum absolute atomic E-state index is 5.76. The molecule has 0 aliphatic heterocycles. The zero-order chi connectivity index (χ0) is 45.8. The topological polar surface area (TPSA) is 41.9 Å². The molecule has 4 heteroatoms. The Labute approximate surface area is 394 Å². The Hall–Kier alpha value is -7.43. The molecule has 1 aromatic heterocycles. The van der Waals surface area contributed by atoms with Gasteiger partial charge in [-0.3, -0.25) is 4.90 Å². The molecule has 0 saturated heterocycles. The van der Waals surface area contributed by atoms with Crippen LogP contribution in [0.1, 0.15) is 99.9 Å². The maximum atomic E-state index is 5.76. The molecular weight excluding hydrogens is 813 g/mol. The molecule has 8 aromatic carbocycles. The summed E-state index contributed by atoms with van der Waals surface area (Å²) in [5.41, 5.74) is 23.5. The Morgan fingerprint density at radius 2 is 0.746 bits per heavy atom. The summed E-state index contributed by atoms with van der Waals surface area (Å²) in [7, 11) is 0. The van der Waals surface area contributed by atoms with Gasteiger partial charge in [-0.15, -0.1) is 0 Å². The number of fused-ring (bicyclic) bond motifs is 12. The first-order valence-electron chi connectivity index (χ1n) is 23.8. The Kier molecular flexibility index (Phi) is 8.08. The fourth-order valence-electron chi connectivity index (χ4n) is 12.9. The zero-order valence-electron chi connectivity index (χ0n) is 39.5. The molecule has 4 nitrogen and oxygen atoms in total. The summed E-state index contributed by atoms with van der Waals surface area (Å²) < 4.78 is 0. The van der Waals surface area contributed by atoms with E-state index in [9.17, 15) is 0 Å². The van der Waals surface area contributed by atoms with E-state index in [1.165, 1.54) is 89.0 Å². The zero-order valence-corrected chi connectivity index (χ0v) is 39.5. The van der Waals surface area contributed by atoms with Crippen LogP contribution in [0, 0.1) is 0 Å². The first-order valence-corrected chi connectivity index (χ1v) is 23.8. The summed E-state index contributed by atoms with van der Waals surface area (Å²) >= 11 is 0. The van der Waals surface area contributed by atoms with Crippen LogP contribution in [0.2, 0.25) is 0 Å². The predicted octanol–water partition coefficient (Wildman–Crippen LogP) is 15.9. The molecule has 0 atom stereocenters. The monoisotopic (exact) mass is 864 g/mol. The molecule has 13 rings (SSSR count). The van der Waals surface area contributed by atoms with Gasteiger partial charge in [-0.1, -0.05) is 207 Å². The molecule has 0 N–H and O–H groups in total. The Balaban J connectivity index is 1.13. The number of hydrogen-bond acceptors (Lipinski definition) is 4. The van der Waals surface area contributed by atoms with E-state index in [1.807, 2.05) is 0 Å². The van der Waals surface area contributed by atoms with Crippen LogP contribution in [0.4, 0.5) is 17.3 Å². The van der Waals surface area contributed by atoms with E-state index in [2.05, 4.69) is 230 Å². The first-order chi connectivity index (χ1) is 32.3. The van der Waals surface area contributed by atoms with Crippen molar-refractivity contribution in [1.29, 1.82) is 0 Å². The van der Waals surface area contributed by atoms with Gasteiger partial charge in [-0.05, 0) is 102 Å². The second-order valence-corrected chi connectivity index (χ2v) is 21.2. The van der Waals surface area contributed by atoms with Gasteiger partial charge >= 0.3 is 0 Å². The van der Waals surface area contributed by atoms with Gasteiger partial charge in [0.25, 0.3) is 0 Å². The summed E-state index contributed by atoms with van der Waals surface area (Å²) in [6.07, 6.45) is 0. The number of benzene rings is 8. The van der Waals surface area contributed by atoms with Gasteiger partial charge in [0.15, 0.2) is 11.6 Å². The minimum Gasteiger partial charge on any atom is -0.278 e. The van der Waals surface area contributed by atoms with E-state index in [0.29, 0.717) is 17.6 Å². The lowest BCUT2D eigenvalue weighted by Crippen LogP contribution is -2.23. The standard InChI is InChI=1S/C63H52N4/c1-60(2)46-27-13-11-22-40(46)45-36-37(34-35-50(45)60)57-64-58(44-26-17-24-41-38-20-9-14-28-47(38)62(5,6)55(41)44)66-59(65-57)67(52-32-19-31-51-54(52)43-23-12-16-30-49(43)61(51,3)4)53-33-18-25-42-39-21-10-15-29-48(39)63(7,8)56(42)53/h9-36H,1-8H3. The van der Waals surface area contributed by atoms with Crippen LogP contribution in [0.25, 0.3) is 67.3 Å². The smallest absolute Gasteiger partial charge is 0.238 e. The van der Waals surface area contributed by atoms with Gasteiger partial charge in [-0.2, -0.15) is 9.97 Å². The molecule has 0 unspecified atom stereocenters. The van der Waals surface area contributed by atoms with Gasteiger partial charge < -0.3 is 0 Å². The molecule has 324 valence electrons. The van der Waals surface area contributed by atoms with Crippen LogP contribution in [0.3, 0.4) is 0 Å². The largest absolute Gasteiger partial charge is 0.278 e. The minimum atomic E-state index is -0.315. The van der Waals surface area contributed by atoms with Crippen molar-refractivity contribution in [3.63, 3.8) is 0 Å².